The van der Waals surface area contributed by atoms with Gasteiger partial charge in [-0.25, -0.2) is 8.42 Å². The lowest BCUT2D eigenvalue weighted by Crippen LogP contribution is -2.21. The first-order valence-corrected chi connectivity index (χ1v) is 7.43. The normalized spacial score (nSPS) is 11.8. The van der Waals surface area contributed by atoms with Crippen LogP contribution in [0.15, 0.2) is 18.2 Å². The van der Waals surface area contributed by atoms with Crippen LogP contribution in [0.2, 0.25) is 0 Å². The number of aryl methyl sites for hydroxylation is 1. The average molecular weight is 272 g/mol. The summed E-state index contributed by atoms with van der Waals surface area (Å²) in [6.45, 7) is 5.76. The van der Waals surface area contributed by atoms with Crippen molar-refractivity contribution in [1.29, 1.82) is 0 Å². The number of rotatable bonds is 6. The number of hydrogen-bond acceptors (Lipinski definition) is 4. The van der Waals surface area contributed by atoms with Crippen LogP contribution in [0.3, 0.4) is 0 Å². The second-order valence-electron chi connectivity index (χ2n) is 4.41. The molecule has 0 aromatic heterocycles. The van der Waals surface area contributed by atoms with Gasteiger partial charge < -0.3 is 10.5 Å². The molecule has 0 spiro atoms. The van der Waals surface area contributed by atoms with Gasteiger partial charge in [0, 0.05) is 5.69 Å². The van der Waals surface area contributed by atoms with Crippen LogP contribution in [0.25, 0.3) is 0 Å². The topological polar surface area (TPSA) is 81.4 Å². The molecule has 0 unspecified atom stereocenters. The summed E-state index contributed by atoms with van der Waals surface area (Å²) >= 11 is 0. The molecule has 0 aliphatic carbocycles. The van der Waals surface area contributed by atoms with Crippen LogP contribution in [0, 0.1) is 6.92 Å². The standard InChI is InChI=1S/C12H20N2O3S/c1-9(2)17-6-7-18(15,16)14-11-5-4-10(3)12(13)8-11/h4-5,8-9,14H,6-7,13H2,1-3H3. The number of sulfonamides is 1. The molecule has 0 aliphatic rings. The lowest BCUT2D eigenvalue weighted by molar-refractivity contribution is 0.0913. The third-order valence-electron chi connectivity index (χ3n) is 2.36. The zero-order valence-electron chi connectivity index (χ0n) is 10.9. The Hall–Kier alpha value is -1.27. The van der Waals surface area contributed by atoms with Crippen LogP contribution in [-0.4, -0.2) is 26.9 Å². The Balaban J connectivity index is 2.62. The summed E-state index contributed by atoms with van der Waals surface area (Å²) in [6, 6.07) is 5.07. The molecular formula is C12H20N2O3S. The molecule has 6 heteroatoms. The highest BCUT2D eigenvalue weighted by Crippen LogP contribution is 2.17. The maximum Gasteiger partial charge on any atom is 0.235 e. The highest BCUT2D eigenvalue weighted by molar-refractivity contribution is 7.92. The Morgan fingerprint density at radius 2 is 2.06 bits per heavy atom. The third kappa shape index (κ3) is 4.93. The van der Waals surface area contributed by atoms with E-state index in [9.17, 15) is 8.42 Å². The van der Waals surface area contributed by atoms with Gasteiger partial charge in [-0.15, -0.1) is 0 Å². The van der Waals surface area contributed by atoms with Crippen LogP contribution in [0.4, 0.5) is 11.4 Å². The van der Waals surface area contributed by atoms with Gasteiger partial charge in [0.1, 0.15) is 0 Å². The van der Waals surface area contributed by atoms with Crippen LogP contribution in [0.5, 0.6) is 0 Å². The van der Waals surface area contributed by atoms with Gasteiger partial charge >= 0.3 is 0 Å². The summed E-state index contributed by atoms with van der Waals surface area (Å²) in [5, 5.41) is 0. The number of nitrogens with one attached hydrogen (secondary N) is 1. The van der Waals surface area contributed by atoms with Crippen molar-refractivity contribution in [2.75, 3.05) is 22.8 Å². The fraction of sp³-hybridized carbons (Fsp3) is 0.500. The zero-order chi connectivity index (χ0) is 13.8. The smallest absolute Gasteiger partial charge is 0.235 e. The van der Waals surface area contributed by atoms with Crippen molar-refractivity contribution < 1.29 is 13.2 Å². The summed E-state index contributed by atoms with van der Waals surface area (Å²) in [6.07, 6.45) is 0.0234. The van der Waals surface area contributed by atoms with Gasteiger partial charge in [-0.05, 0) is 38.5 Å². The molecule has 0 amide bonds. The summed E-state index contributed by atoms with van der Waals surface area (Å²) in [5.41, 5.74) is 7.68. The number of hydrogen-bond donors (Lipinski definition) is 2. The molecule has 18 heavy (non-hydrogen) atoms. The lowest BCUT2D eigenvalue weighted by Gasteiger charge is -2.11. The third-order valence-corrected chi connectivity index (χ3v) is 3.61. The van der Waals surface area contributed by atoms with Crippen molar-refractivity contribution in [3.05, 3.63) is 23.8 Å². The Kier molecular flexibility index (Phi) is 4.98. The minimum atomic E-state index is -3.39. The summed E-state index contributed by atoms with van der Waals surface area (Å²) < 4.78 is 31.2. The Morgan fingerprint density at radius 3 is 2.61 bits per heavy atom. The van der Waals surface area contributed by atoms with E-state index in [2.05, 4.69) is 4.72 Å². The molecule has 102 valence electrons. The monoisotopic (exact) mass is 272 g/mol. The predicted molar refractivity (Wildman–Crippen MR) is 74.1 cm³/mol. The first-order chi connectivity index (χ1) is 8.30. The molecule has 1 aromatic rings. The summed E-state index contributed by atoms with van der Waals surface area (Å²) in [7, 11) is -3.39. The van der Waals surface area contributed by atoms with Crippen molar-refractivity contribution in [3.8, 4) is 0 Å². The van der Waals surface area contributed by atoms with E-state index in [1.54, 1.807) is 18.2 Å². The van der Waals surface area contributed by atoms with Crippen molar-refractivity contribution >= 4 is 21.4 Å². The zero-order valence-corrected chi connectivity index (χ0v) is 11.8. The van der Waals surface area contributed by atoms with E-state index in [0.29, 0.717) is 11.4 Å². The highest BCUT2D eigenvalue weighted by Gasteiger charge is 2.11. The van der Waals surface area contributed by atoms with Crippen molar-refractivity contribution in [2.45, 2.75) is 26.9 Å². The molecule has 0 saturated heterocycles. The van der Waals surface area contributed by atoms with Crippen molar-refractivity contribution in [2.24, 2.45) is 0 Å². The largest absolute Gasteiger partial charge is 0.398 e. The van der Waals surface area contributed by atoms with E-state index in [0.717, 1.165) is 5.56 Å². The fourth-order valence-corrected chi connectivity index (χ4v) is 2.23. The SMILES string of the molecule is Cc1ccc(NS(=O)(=O)CCOC(C)C)cc1N. The van der Waals surface area contributed by atoms with Crippen molar-refractivity contribution in [3.63, 3.8) is 0 Å². The summed E-state index contributed by atoms with van der Waals surface area (Å²) in [4.78, 5) is 0. The molecule has 5 nitrogen and oxygen atoms in total. The van der Waals surface area contributed by atoms with Gasteiger partial charge in [-0.2, -0.15) is 0 Å². The molecule has 0 heterocycles. The van der Waals surface area contributed by atoms with Crippen LogP contribution in [0.1, 0.15) is 19.4 Å². The van der Waals surface area contributed by atoms with E-state index < -0.39 is 10.0 Å². The molecule has 0 saturated carbocycles. The number of benzene rings is 1. The fourth-order valence-electron chi connectivity index (χ4n) is 1.33. The molecule has 0 atom stereocenters. The number of nitrogens with two attached hydrogens (primary N) is 1. The van der Waals surface area contributed by atoms with Gasteiger partial charge in [0.15, 0.2) is 0 Å². The van der Waals surface area contributed by atoms with Gasteiger partial charge in [-0.1, -0.05) is 6.07 Å². The van der Waals surface area contributed by atoms with E-state index in [4.69, 9.17) is 10.5 Å². The Morgan fingerprint density at radius 1 is 1.39 bits per heavy atom. The van der Waals surface area contributed by atoms with Gasteiger partial charge in [0.05, 0.1) is 24.2 Å². The predicted octanol–water partition coefficient (Wildman–Crippen LogP) is 1.74. The molecule has 0 fully saturated rings. The summed E-state index contributed by atoms with van der Waals surface area (Å²) in [5.74, 6) is -0.0705. The second kappa shape index (κ2) is 6.06. The maximum absolute atomic E-state index is 11.7. The van der Waals surface area contributed by atoms with Crippen LogP contribution < -0.4 is 10.5 Å². The first-order valence-electron chi connectivity index (χ1n) is 5.78. The Labute approximate surface area is 108 Å². The van der Waals surface area contributed by atoms with Crippen LogP contribution in [-0.2, 0) is 14.8 Å². The van der Waals surface area contributed by atoms with E-state index in [1.807, 2.05) is 20.8 Å². The molecule has 0 aliphatic heterocycles. The van der Waals surface area contributed by atoms with E-state index >= 15 is 0 Å². The van der Waals surface area contributed by atoms with Gasteiger partial charge in [-0.3, -0.25) is 4.72 Å². The lowest BCUT2D eigenvalue weighted by atomic mass is 10.2. The molecule has 0 radical (unpaired) electrons. The first kappa shape index (κ1) is 14.8. The van der Waals surface area contributed by atoms with Gasteiger partial charge in [0.2, 0.25) is 10.0 Å². The highest BCUT2D eigenvalue weighted by atomic mass is 32.2. The van der Waals surface area contributed by atoms with E-state index in [-0.39, 0.29) is 18.5 Å². The molecule has 1 aromatic carbocycles. The molecule has 3 N–H and O–H groups in total. The van der Waals surface area contributed by atoms with Gasteiger partial charge in [0.25, 0.3) is 0 Å². The average Bonchev–Trinajstić information content (AvgIpc) is 2.22. The van der Waals surface area contributed by atoms with Crippen LogP contribution >= 0.6 is 0 Å². The number of ether oxygens (including phenoxy) is 1. The second-order valence-corrected chi connectivity index (χ2v) is 6.25. The van der Waals surface area contributed by atoms with Crippen molar-refractivity contribution in [1.82, 2.24) is 0 Å². The minimum Gasteiger partial charge on any atom is -0.398 e. The molecule has 0 bridgehead atoms. The number of anilines is 2. The maximum atomic E-state index is 11.7. The number of nitrogen functional groups attached to an aromatic ring is 1. The Bertz CT molecular complexity index is 498. The minimum absolute atomic E-state index is 0.0234. The molecular weight excluding hydrogens is 252 g/mol. The molecule has 1 rings (SSSR count). The quantitative estimate of drug-likeness (QED) is 0.773. The van der Waals surface area contributed by atoms with E-state index in [1.165, 1.54) is 0 Å².